The maximum absolute atomic E-state index is 11.4. The van der Waals surface area contributed by atoms with Gasteiger partial charge in [0.25, 0.3) is 0 Å². The van der Waals surface area contributed by atoms with Crippen molar-refractivity contribution in [3.05, 3.63) is 0 Å². The fraction of sp³-hybridized carbons (Fsp3) is 0.833. The third kappa shape index (κ3) is 3.65. The Bertz CT molecular complexity index is 235. The third-order valence-corrected chi connectivity index (χ3v) is 3.01. The van der Waals surface area contributed by atoms with E-state index in [2.05, 4.69) is 6.92 Å². The third-order valence-electron chi connectivity index (χ3n) is 3.01. The zero-order chi connectivity index (χ0) is 11.3. The van der Waals surface area contributed by atoms with Crippen LogP contribution in [0.15, 0.2) is 0 Å². The summed E-state index contributed by atoms with van der Waals surface area (Å²) in [5, 5.41) is 0. The second-order valence-electron chi connectivity index (χ2n) is 4.31. The van der Waals surface area contributed by atoms with E-state index in [9.17, 15) is 9.59 Å². The molecule has 15 heavy (non-hydrogen) atoms. The minimum absolute atomic E-state index is 0.0340. The Morgan fingerprint density at radius 3 is 2.67 bits per heavy atom. The van der Waals surface area contributed by atoms with Crippen LogP contribution in [0.25, 0.3) is 0 Å². The molecule has 0 spiro atoms. The number of unbranched alkanes of at least 4 members (excludes halogenated alkanes) is 3. The molecule has 0 N–H and O–H groups in total. The standard InChI is InChI=1S/C12H20O3/c1-3-4-5-6-7-11-9(2)10(13)8-12(14)15-11/h9,11H,3-8H2,1-2H3/t9-,11+/m1/s1. The van der Waals surface area contributed by atoms with Crippen LogP contribution >= 0.6 is 0 Å². The summed E-state index contributed by atoms with van der Waals surface area (Å²) in [6, 6.07) is 0. The van der Waals surface area contributed by atoms with Crippen molar-refractivity contribution in [1.29, 1.82) is 0 Å². The molecule has 3 nitrogen and oxygen atoms in total. The highest BCUT2D eigenvalue weighted by Gasteiger charge is 2.33. The van der Waals surface area contributed by atoms with Gasteiger partial charge in [-0.3, -0.25) is 9.59 Å². The van der Waals surface area contributed by atoms with Crippen LogP contribution in [0.2, 0.25) is 0 Å². The number of hydrogen-bond donors (Lipinski definition) is 0. The van der Waals surface area contributed by atoms with Gasteiger partial charge in [0.05, 0.1) is 5.92 Å². The molecule has 0 aromatic carbocycles. The summed E-state index contributed by atoms with van der Waals surface area (Å²) in [5.74, 6) is -0.422. The van der Waals surface area contributed by atoms with Crippen LogP contribution in [-0.4, -0.2) is 17.9 Å². The molecule has 0 radical (unpaired) electrons. The van der Waals surface area contributed by atoms with Gasteiger partial charge in [-0.1, -0.05) is 33.1 Å². The lowest BCUT2D eigenvalue weighted by Gasteiger charge is -2.27. The van der Waals surface area contributed by atoms with Gasteiger partial charge >= 0.3 is 5.97 Å². The molecule has 1 aliphatic heterocycles. The summed E-state index contributed by atoms with van der Waals surface area (Å²) < 4.78 is 5.19. The lowest BCUT2D eigenvalue weighted by atomic mass is 9.91. The van der Waals surface area contributed by atoms with E-state index in [0.717, 1.165) is 19.3 Å². The fourth-order valence-electron chi connectivity index (χ4n) is 1.90. The van der Waals surface area contributed by atoms with Gasteiger partial charge in [0, 0.05) is 0 Å². The van der Waals surface area contributed by atoms with Crippen LogP contribution in [0, 0.1) is 5.92 Å². The molecule has 0 aromatic heterocycles. The maximum Gasteiger partial charge on any atom is 0.313 e. The van der Waals surface area contributed by atoms with Crippen molar-refractivity contribution >= 4 is 11.8 Å². The maximum atomic E-state index is 11.4. The largest absolute Gasteiger partial charge is 0.461 e. The number of Topliss-reactive ketones (excluding diaryl/α,β-unsaturated/α-hetero) is 1. The Hall–Kier alpha value is -0.860. The molecule has 0 saturated carbocycles. The van der Waals surface area contributed by atoms with E-state index in [-0.39, 0.29) is 30.2 Å². The molecule has 1 aliphatic rings. The predicted octanol–water partition coefficient (Wildman–Crippen LogP) is 2.48. The Morgan fingerprint density at radius 2 is 2.00 bits per heavy atom. The molecular formula is C12H20O3. The second kappa shape index (κ2) is 5.89. The second-order valence-corrected chi connectivity index (χ2v) is 4.31. The first-order valence-electron chi connectivity index (χ1n) is 5.87. The van der Waals surface area contributed by atoms with E-state index in [0.29, 0.717) is 0 Å². The normalized spacial score (nSPS) is 26.5. The summed E-state index contributed by atoms with van der Waals surface area (Å²) in [7, 11) is 0. The number of carbonyl (C=O) groups excluding carboxylic acids is 2. The zero-order valence-corrected chi connectivity index (χ0v) is 9.62. The highest BCUT2D eigenvalue weighted by atomic mass is 16.5. The quantitative estimate of drug-likeness (QED) is 0.399. The molecule has 1 saturated heterocycles. The monoisotopic (exact) mass is 212 g/mol. The van der Waals surface area contributed by atoms with Crippen LogP contribution in [0.1, 0.15) is 52.4 Å². The summed E-state index contributed by atoms with van der Waals surface area (Å²) in [5.41, 5.74) is 0. The van der Waals surface area contributed by atoms with E-state index >= 15 is 0 Å². The van der Waals surface area contributed by atoms with Gasteiger partial charge in [-0.2, -0.15) is 0 Å². The summed E-state index contributed by atoms with van der Waals surface area (Å²) in [6.07, 6.45) is 5.23. The summed E-state index contributed by atoms with van der Waals surface area (Å²) >= 11 is 0. The van der Waals surface area contributed by atoms with E-state index in [1.54, 1.807) is 0 Å². The molecule has 0 unspecified atom stereocenters. The molecule has 0 amide bonds. The number of ether oxygens (including phenoxy) is 1. The van der Waals surface area contributed by atoms with E-state index in [4.69, 9.17) is 4.74 Å². The molecule has 3 heteroatoms. The molecule has 1 fully saturated rings. The summed E-state index contributed by atoms with van der Waals surface area (Å²) in [6.45, 7) is 4.02. The van der Waals surface area contributed by atoms with Crippen molar-refractivity contribution in [2.45, 2.75) is 58.5 Å². The lowest BCUT2D eigenvalue weighted by molar-refractivity contribution is -0.162. The number of ketones is 1. The van der Waals surface area contributed by atoms with Gasteiger partial charge in [0.2, 0.25) is 0 Å². The van der Waals surface area contributed by atoms with Crippen molar-refractivity contribution < 1.29 is 14.3 Å². The molecule has 86 valence electrons. The smallest absolute Gasteiger partial charge is 0.313 e. The van der Waals surface area contributed by atoms with Gasteiger partial charge in [-0.25, -0.2) is 0 Å². The molecule has 0 bridgehead atoms. The van der Waals surface area contributed by atoms with Crippen molar-refractivity contribution in [1.82, 2.24) is 0 Å². The summed E-state index contributed by atoms with van der Waals surface area (Å²) in [4.78, 5) is 22.5. The van der Waals surface area contributed by atoms with Crippen molar-refractivity contribution in [2.75, 3.05) is 0 Å². The van der Waals surface area contributed by atoms with Gasteiger partial charge in [0.1, 0.15) is 18.3 Å². The fourth-order valence-corrected chi connectivity index (χ4v) is 1.90. The van der Waals surface area contributed by atoms with Crippen LogP contribution in [0.3, 0.4) is 0 Å². The van der Waals surface area contributed by atoms with Crippen LogP contribution in [0.4, 0.5) is 0 Å². The Kier molecular flexibility index (Phi) is 4.79. The van der Waals surface area contributed by atoms with E-state index in [1.807, 2.05) is 6.92 Å². The van der Waals surface area contributed by atoms with Crippen molar-refractivity contribution in [3.8, 4) is 0 Å². The highest BCUT2D eigenvalue weighted by Crippen LogP contribution is 2.22. The first-order chi connectivity index (χ1) is 7.15. The minimum atomic E-state index is -0.349. The number of cyclic esters (lactones) is 1. The molecule has 1 heterocycles. The number of rotatable bonds is 5. The Morgan fingerprint density at radius 1 is 1.27 bits per heavy atom. The first kappa shape index (κ1) is 12.2. The number of carbonyl (C=O) groups is 2. The van der Waals surface area contributed by atoms with E-state index in [1.165, 1.54) is 12.8 Å². The average Bonchev–Trinajstić information content (AvgIpc) is 2.19. The minimum Gasteiger partial charge on any atom is -0.461 e. The molecule has 1 rings (SSSR count). The molecule has 2 atom stereocenters. The molecule has 0 aliphatic carbocycles. The van der Waals surface area contributed by atoms with Gasteiger partial charge in [-0.15, -0.1) is 0 Å². The van der Waals surface area contributed by atoms with Gasteiger partial charge in [0.15, 0.2) is 0 Å². The van der Waals surface area contributed by atoms with Gasteiger partial charge < -0.3 is 4.74 Å². The number of hydrogen-bond acceptors (Lipinski definition) is 3. The number of esters is 1. The van der Waals surface area contributed by atoms with E-state index < -0.39 is 0 Å². The lowest BCUT2D eigenvalue weighted by Crippen LogP contribution is -2.37. The first-order valence-corrected chi connectivity index (χ1v) is 5.87. The Balaban J connectivity index is 2.32. The van der Waals surface area contributed by atoms with Crippen LogP contribution in [0.5, 0.6) is 0 Å². The Labute approximate surface area is 91.2 Å². The van der Waals surface area contributed by atoms with Crippen molar-refractivity contribution in [2.24, 2.45) is 5.92 Å². The average molecular weight is 212 g/mol. The highest BCUT2D eigenvalue weighted by molar-refractivity contribution is 5.98. The van der Waals surface area contributed by atoms with Crippen LogP contribution in [-0.2, 0) is 14.3 Å². The zero-order valence-electron chi connectivity index (χ0n) is 9.62. The van der Waals surface area contributed by atoms with Gasteiger partial charge in [-0.05, 0) is 12.8 Å². The van der Waals surface area contributed by atoms with Crippen molar-refractivity contribution in [3.63, 3.8) is 0 Å². The van der Waals surface area contributed by atoms with Crippen LogP contribution < -0.4 is 0 Å². The molecular weight excluding hydrogens is 192 g/mol. The SMILES string of the molecule is CCCCCC[C@@H]1OC(=O)CC(=O)[C@H]1C. The topological polar surface area (TPSA) is 43.4 Å². The predicted molar refractivity (Wildman–Crippen MR) is 57.4 cm³/mol. The molecule has 0 aromatic rings.